The van der Waals surface area contributed by atoms with Crippen LogP contribution in [0.15, 0.2) is 18.3 Å². The van der Waals surface area contributed by atoms with Crippen LogP contribution in [-0.4, -0.2) is 39.1 Å². The summed E-state index contributed by atoms with van der Waals surface area (Å²) < 4.78 is 2.47. The largest absolute Gasteiger partial charge is 0.316 e. The number of nitrogens with zero attached hydrogens (tertiary/aromatic N) is 3. The first-order chi connectivity index (χ1) is 10.9. The van der Waals surface area contributed by atoms with Crippen molar-refractivity contribution in [2.45, 2.75) is 38.1 Å². The van der Waals surface area contributed by atoms with Gasteiger partial charge in [-0.15, -0.1) is 0 Å². The molecule has 0 spiro atoms. The second-order valence-electron chi connectivity index (χ2n) is 6.53. The third-order valence-corrected chi connectivity index (χ3v) is 6.09. The van der Waals surface area contributed by atoms with Gasteiger partial charge in [0.15, 0.2) is 5.65 Å². The minimum atomic E-state index is 0.574. The van der Waals surface area contributed by atoms with Crippen molar-refractivity contribution in [1.82, 2.24) is 19.9 Å². The number of imidazole rings is 1. The Balaban J connectivity index is 1.68. The molecule has 2 unspecified atom stereocenters. The molecular weight excluding hydrogens is 292 g/mol. The summed E-state index contributed by atoms with van der Waals surface area (Å²) in [7, 11) is 0. The Kier molecular flexibility index (Phi) is 4.35. The molecule has 1 N–H and O–H groups in total. The number of aromatic nitrogens is 3. The molecule has 0 bridgehead atoms. The van der Waals surface area contributed by atoms with Gasteiger partial charge in [-0.25, -0.2) is 9.97 Å². The second-order valence-corrected chi connectivity index (χ2v) is 7.68. The Labute approximate surface area is 136 Å². The van der Waals surface area contributed by atoms with Gasteiger partial charge in [0.1, 0.15) is 11.3 Å². The molecule has 4 nitrogen and oxygen atoms in total. The van der Waals surface area contributed by atoms with Crippen molar-refractivity contribution >= 4 is 22.9 Å². The monoisotopic (exact) mass is 316 g/mol. The van der Waals surface area contributed by atoms with E-state index in [0.717, 1.165) is 30.0 Å². The molecule has 2 saturated heterocycles. The predicted octanol–water partition coefficient (Wildman–Crippen LogP) is 3.04. The average molecular weight is 316 g/mol. The van der Waals surface area contributed by atoms with Gasteiger partial charge in [-0.2, -0.15) is 11.8 Å². The summed E-state index contributed by atoms with van der Waals surface area (Å²) in [5, 5.41) is 3.53. The van der Waals surface area contributed by atoms with Crippen LogP contribution in [0.2, 0.25) is 0 Å². The van der Waals surface area contributed by atoms with Crippen molar-refractivity contribution in [3.8, 4) is 0 Å². The maximum Gasteiger partial charge on any atom is 0.160 e. The van der Waals surface area contributed by atoms with Crippen molar-refractivity contribution in [2.24, 2.45) is 5.92 Å². The molecule has 2 atom stereocenters. The lowest BCUT2D eigenvalue weighted by Gasteiger charge is -2.27. The lowest BCUT2D eigenvalue weighted by Crippen LogP contribution is -2.32. The number of piperidine rings is 1. The topological polar surface area (TPSA) is 42.7 Å². The zero-order valence-corrected chi connectivity index (χ0v) is 13.8. The van der Waals surface area contributed by atoms with Crippen molar-refractivity contribution < 1.29 is 0 Å². The highest BCUT2D eigenvalue weighted by atomic mass is 32.2. The Hall–Kier alpha value is -1.07. The van der Waals surface area contributed by atoms with Crippen LogP contribution in [0.1, 0.15) is 37.5 Å². The lowest BCUT2D eigenvalue weighted by molar-refractivity contribution is 0.361. The lowest BCUT2D eigenvalue weighted by atomic mass is 9.96. The maximum atomic E-state index is 4.95. The maximum absolute atomic E-state index is 4.95. The van der Waals surface area contributed by atoms with Crippen LogP contribution in [0.4, 0.5) is 0 Å². The molecule has 5 heteroatoms. The Morgan fingerprint density at radius 1 is 1.32 bits per heavy atom. The van der Waals surface area contributed by atoms with E-state index in [1.165, 1.54) is 49.6 Å². The highest BCUT2D eigenvalue weighted by Crippen LogP contribution is 2.31. The normalized spacial score (nSPS) is 26.4. The first-order valence-electron chi connectivity index (χ1n) is 8.52. The van der Waals surface area contributed by atoms with Gasteiger partial charge >= 0.3 is 0 Å². The van der Waals surface area contributed by atoms with E-state index in [9.17, 15) is 0 Å². The van der Waals surface area contributed by atoms with Crippen LogP contribution in [0, 0.1) is 5.92 Å². The summed E-state index contributed by atoms with van der Waals surface area (Å²) in [6.45, 7) is 2.31. The molecule has 2 aliphatic rings. The van der Waals surface area contributed by atoms with Crippen molar-refractivity contribution in [3.63, 3.8) is 0 Å². The zero-order chi connectivity index (χ0) is 14.8. The molecule has 2 aromatic rings. The fraction of sp³-hybridized carbons (Fsp3) is 0.647. The van der Waals surface area contributed by atoms with Gasteiger partial charge < -0.3 is 9.88 Å². The fourth-order valence-electron chi connectivity index (χ4n) is 3.79. The van der Waals surface area contributed by atoms with Gasteiger partial charge in [0.2, 0.25) is 0 Å². The van der Waals surface area contributed by atoms with Crippen LogP contribution in [-0.2, 0) is 6.42 Å². The summed E-state index contributed by atoms with van der Waals surface area (Å²) in [6, 6.07) is 4.68. The molecule has 22 heavy (non-hydrogen) atoms. The van der Waals surface area contributed by atoms with Crippen LogP contribution in [0.25, 0.3) is 11.2 Å². The standard InChI is InChI=1S/C17H24N4S/c1-4-13(11-18-7-1)10-16-20-15-6-2-8-19-17(15)21(16)14-5-3-9-22-12-14/h2,6,8,13-14,18H,1,3-5,7,9-12H2. The molecule has 2 aromatic heterocycles. The van der Waals surface area contributed by atoms with Crippen LogP contribution < -0.4 is 5.32 Å². The van der Waals surface area contributed by atoms with Crippen molar-refractivity contribution in [1.29, 1.82) is 0 Å². The van der Waals surface area contributed by atoms with Gasteiger partial charge in [-0.1, -0.05) is 0 Å². The van der Waals surface area contributed by atoms with E-state index in [-0.39, 0.29) is 0 Å². The Morgan fingerprint density at radius 2 is 2.32 bits per heavy atom. The van der Waals surface area contributed by atoms with E-state index >= 15 is 0 Å². The van der Waals surface area contributed by atoms with Crippen molar-refractivity contribution in [2.75, 3.05) is 24.6 Å². The summed E-state index contributed by atoms with van der Waals surface area (Å²) >= 11 is 2.08. The smallest absolute Gasteiger partial charge is 0.160 e. The van der Waals surface area contributed by atoms with Gasteiger partial charge in [0.25, 0.3) is 0 Å². The van der Waals surface area contributed by atoms with Crippen molar-refractivity contribution in [3.05, 3.63) is 24.2 Å². The number of nitrogens with one attached hydrogen (secondary N) is 1. The molecule has 2 aliphatic heterocycles. The molecule has 0 saturated carbocycles. The number of pyridine rings is 1. The minimum Gasteiger partial charge on any atom is -0.316 e. The van der Waals surface area contributed by atoms with Crippen LogP contribution in [0.5, 0.6) is 0 Å². The molecule has 0 aromatic carbocycles. The first-order valence-corrected chi connectivity index (χ1v) is 9.67. The van der Waals surface area contributed by atoms with Gasteiger partial charge in [-0.05, 0) is 62.6 Å². The number of hydrogen-bond donors (Lipinski definition) is 1. The number of hydrogen-bond acceptors (Lipinski definition) is 4. The molecule has 0 amide bonds. The predicted molar refractivity (Wildman–Crippen MR) is 92.4 cm³/mol. The minimum absolute atomic E-state index is 0.574. The van der Waals surface area contributed by atoms with E-state index in [4.69, 9.17) is 4.98 Å². The molecule has 0 radical (unpaired) electrons. The van der Waals surface area contributed by atoms with E-state index in [1.54, 1.807) is 0 Å². The third-order valence-electron chi connectivity index (χ3n) is 4.89. The van der Waals surface area contributed by atoms with Gasteiger partial charge in [0, 0.05) is 24.4 Å². The second kappa shape index (κ2) is 6.59. The summed E-state index contributed by atoms with van der Waals surface area (Å²) in [5.41, 5.74) is 2.16. The molecule has 4 rings (SSSR count). The summed E-state index contributed by atoms with van der Waals surface area (Å²) in [6.07, 6.45) is 8.19. The molecule has 118 valence electrons. The van der Waals surface area contributed by atoms with Crippen LogP contribution >= 0.6 is 11.8 Å². The van der Waals surface area contributed by atoms with E-state index < -0.39 is 0 Å². The van der Waals surface area contributed by atoms with E-state index in [0.29, 0.717) is 6.04 Å². The average Bonchev–Trinajstić information content (AvgIpc) is 2.94. The Morgan fingerprint density at radius 3 is 3.14 bits per heavy atom. The van der Waals surface area contributed by atoms with E-state index in [1.807, 2.05) is 12.3 Å². The summed E-state index contributed by atoms with van der Waals surface area (Å²) in [5.74, 6) is 4.49. The first kappa shape index (κ1) is 14.5. The SMILES string of the molecule is c1cnc2c(c1)nc(CC1CCCNC1)n2C1CCCSC1. The van der Waals surface area contributed by atoms with Gasteiger partial charge in [0.05, 0.1) is 0 Å². The Bertz CT molecular complexity index is 627. The molecular formula is C17H24N4S. The number of rotatable bonds is 3. The quantitative estimate of drug-likeness (QED) is 0.945. The van der Waals surface area contributed by atoms with Crippen LogP contribution in [0.3, 0.4) is 0 Å². The zero-order valence-electron chi connectivity index (χ0n) is 13.0. The fourth-order valence-corrected chi connectivity index (χ4v) is 4.91. The number of fused-ring (bicyclic) bond motifs is 1. The highest BCUT2D eigenvalue weighted by molar-refractivity contribution is 7.99. The third kappa shape index (κ3) is 2.88. The van der Waals surface area contributed by atoms with Gasteiger partial charge in [-0.3, -0.25) is 0 Å². The highest BCUT2D eigenvalue weighted by Gasteiger charge is 2.24. The molecule has 0 aliphatic carbocycles. The molecule has 4 heterocycles. The number of thioether (sulfide) groups is 1. The van der Waals surface area contributed by atoms with E-state index in [2.05, 4.69) is 32.7 Å². The summed E-state index contributed by atoms with van der Waals surface area (Å²) in [4.78, 5) is 9.59. The molecule has 2 fully saturated rings.